The van der Waals surface area contributed by atoms with Crippen LogP contribution in [0.1, 0.15) is 49.0 Å². The quantitative estimate of drug-likeness (QED) is 0.798. The number of nitrogens with zero attached hydrogens (tertiary/aromatic N) is 2. The molecule has 28 heavy (non-hydrogen) atoms. The molecule has 1 aromatic rings. The molecule has 0 bridgehead atoms. The zero-order valence-electron chi connectivity index (χ0n) is 16.3. The fraction of sp³-hybridized carbons (Fsp3) is 0.667. The molecule has 1 aliphatic carbocycles. The summed E-state index contributed by atoms with van der Waals surface area (Å²) in [6, 6.07) is 6.18. The number of likely N-dealkylation sites (tertiary alicyclic amines) is 1. The maximum atomic E-state index is 12.7. The van der Waals surface area contributed by atoms with E-state index in [-0.39, 0.29) is 23.8 Å². The van der Waals surface area contributed by atoms with Crippen LogP contribution in [-0.2, 0) is 9.53 Å². The molecule has 3 heterocycles. The smallest absolute Gasteiger partial charge is 0.270 e. The van der Waals surface area contributed by atoms with Crippen LogP contribution in [0.25, 0.3) is 0 Å². The second-order valence-electron chi connectivity index (χ2n) is 8.24. The van der Waals surface area contributed by atoms with Crippen LogP contribution in [-0.4, -0.2) is 66.1 Å². The monoisotopic (exact) mass is 386 g/mol. The lowest BCUT2D eigenvalue weighted by Gasteiger charge is -2.36. The fourth-order valence-electron chi connectivity index (χ4n) is 4.21. The van der Waals surface area contributed by atoms with E-state index in [1.54, 1.807) is 18.3 Å². The number of ether oxygens (including phenoxy) is 1. The number of nitrogens with one attached hydrogen (secondary N) is 2. The van der Waals surface area contributed by atoms with E-state index >= 15 is 0 Å². The maximum Gasteiger partial charge on any atom is 0.270 e. The van der Waals surface area contributed by atoms with Gasteiger partial charge in [-0.15, -0.1) is 0 Å². The molecule has 3 fully saturated rings. The molecule has 7 heteroatoms. The van der Waals surface area contributed by atoms with Crippen molar-refractivity contribution in [1.82, 2.24) is 20.5 Å². The van der Waals surface area contributed by atoms with Crippen molar-refractivity contribution in [2.75, 3.05) is 26.3 Å². The molecule has 2 amide bonds. The zero-order chi connectivity index (χ0) is 19.3. The molecule has 0 spiro atoms. The topological polar surface area (TPSA) is 83.6 Å². The lowest BCUT2D eigenvalue weighted by molar-refractivity contribution is -0.126. The molecule has 0 radical (unpaired) electrons. The Morgan fingerprint density at radius 2 is 1.75 bits per heavy atom. The van der Waals surface area contributed by atoms with Crippen LogP contribution in [0.3, 0.4) is 0 Å². The summed E-state index contributed by atoms with van der Waals surface area (Å²) in [4.78, 5) is 31.9. The van der Waals surface area contributed by atoms with E-state index in [0.717, 1.165) is 64.8 Å². The standard InChI is InChI=1S/C21H30N4O3/c26-20(23-16-6-7-16)15-4-5-17(24-21(27)19-3-1-2-10-22-19)14-25(13-15)18-8-11-28-12-9-18/h1-3,10,15-18H,4-9,11-14H2,(H,23,26)(H,24,27)/t15-,17+/m1/s1. The molecule has 2 aliphatic heterocycles. The van der Waals surface area contributed by atoms with E-state index in [2.05, 4.69) is 20.5 Å². The molecule has 152 valence electrons. The minimum atomic E-state index is -0.140. The Bertz CT molecular complexity index is 673. The largest absolute Gasteiger partial charge is 0.381 e. The van der Waals surface area contributed by atoms with E-state index in [0.29, 0.717) is 17.8 Å². The highest BCUT2D eigenvalue weighted by Gasteiger charge is 2.35. The van der Waals surface area contributed by atoms with Crippen LogP contribution < -0.4 is 10.6 Å². The fourth-order valence-corrected chi connectivity index (χ4v) is 4.21. The highest BCUT2D eigenvalue weighted by atomic mass is 16.5. The molecular formula is C21H30N4O3. The van der Waals surface area contributed by atoms with Gasteiger partial charge in [-0.1, -0.05) is 6.07 Å². The van der Waals surface area contributed by atoms with Gasteiger partial charge in [-0.25, -0.2) is 0 Å². The molecule has 3 aliphatic rings. The second-order valence-corrected chi connectivity index (χ2v) is 8.24. The molecule has 2 saturated heterocycles. The van der Waals surface area contributed by atoms with Crippen molar-refractivity contribution < 1.29 is 14.3 Å². The average molecular weight is 386 g/mol. The van der Waals surface area contributed by atoms with Crippen molar-refractivity contribution in [3.8, 4) is 0 Å². The third-order valence-electron chi connectivity index (χ3n) is 6.01. The number of aromatic nitrogens is 1. The van der Waals surface area contributed by atoms with Gasteiger partial charge in [-0.3, -0.25) is 19.5 Å². The van der Waals surface area contributed by atoms with Gasteiger partial charge in [0.05, 0.1) is 5.92 Å². The van der Waals surface area contributed by atoms with Gasteiger partial charge in [0.1, 0.15) is 5.69 Å². The molecule has 1 saturated carbocycles. The van der Waals surface area contributed by atoms with Gasteiger partial charge < -0.3 is 15.4 Å². The predicted molar refractivity (Wildman–Crippen MR) is 105 cm³/mol. The van der Waals surface area contributed by atoms with Crippen LogP contribution in [0.15, 0.2) is 24.4 Å². The molecule has 0 aromatic carbocycles. The Kier molecular flexibility index (Phi) is 6.22. The summed E-state index contributed by atoms with van der Waals surface area (Å²) < 4.78 is 5.52. The SMILES string of the molecule is O=C(N[C@H]1CC[C@@H](C(=O)NC2CC2)CN(C2CCOCC2)C1)c1ccccn1. The third-order valence-corrected chi connectivity index (χ3v) is 6.01. The van der Waals surface area contributed by atoms with Gasteiger partial charge in [0.15, 0.2) is 0 Å². The van der Waals surface area contributed by atoms with Gasteiger partial charge >= 0.3 is 0 Å². The molecule has 2 atom stereocenters. The summed E-state index contributed by atoms with van der Waals surface area (Å²) in [6.45, 7) is 3.08. The first-order chi connectivity index (χ1) is 13.7. The molecule has 0 unspecified atom stereocenters. The lowest BCUT2D eigenvalue weighted by atomic mass is 10.00. The number of hydrogen-bond donors (Lipinski definition) is 2. The normalized spacial score (nSPS) is 27.0. The predicted octanol–water partition coefficient (Wildman–Crippen LogP) is 1.35. The summed E-state index contributed by atoms with van der Waals surface area (Å²) in [5.41, 5.74) is 0.437. The van der Waals surface area contributed by atoms with E-state index in [1.807, 2.05) is 6.07 Å². The highest BCUT2D eigenvalue weighted by Crippen LogP contribution is 2.25. The summed E-state index contributed by atoms with van der Waals surface area (Å²) in [6.07, 6.45) is 7.41. The first kappa shape index (κ1) is 19.3. The van der Waals surface area contributed by atoms with Crippen LogP contribution in [0.4, 0.5) is 0 Å². The number of amides is 2. The number of carbonyl (C=O) groups is 2. The Hall–Kier alpha value is -1.99. The van der Waals surface area contributed by atoms with Gasteiger partial charge in [-0.05, 0) is 50.7 Å². The lowest BCUT2D eigenvalue weighted by Crippen LogP contribution is -2.49. The Labute approximate surface area is 166 Å². The third kappa shape index (κ3) is 5.08. The van der Waals surface area contributed by atoms with Gasteiger partial charge in [0, 0.05) is 50.6 Å². The molecule has 7 nitrogen and oxygen atoms in total. The Morgan fingerprint density at radius 1 is 0.964 bits per heavy atom. The van der Waals surface area contributed by atoms with Crippen molar-refractivity contribution in [3.63, 3.8) is 0 Å². The van der Waals surface area contributed by atoms with Gasteiger partial charge in [0.2, 0.25) is 5.91 Å². The highest BCUT2D eigenvalue weighted by molar-refractivity contribution is 5.92. The summed E-state index contributed by atoms with van der Waals surface area (Å²) in [5, 5.41) is 6.32. The summed E-state index contributed by atoms with van der Waals surface area (Å²) >= 11 is 0. The number of carbonyl (C=O) groups excluding carboxylic acids is 2. The average Bonchev–Trinajstić information content (AvgIpc) is 3.56. The molecule has 2 N–H and O–H groups in total. The Balaban J connectivity index is 1.43. The first-order valence-corrected chi connectivity index (χ1v) is 10.5. The van der Waals surface area contributed by atoms with Crippen molar-refractivity contribution in [1.29, 1.82) is 0 Å². The molecule has 1 aromatic heterocycles. The van der Waals surface area contributed by atoms with Crippen LogP contribution in [0, 0.1) is 5.92 Å². The molecular weight excluding hydrogens is 356 g/mol. The maximum absolute atomic E-state index is 12.7. The molecule has 4 rings (SSSR count). The van der Waals surface area contributed by atoms with E-state index < -0.39 is 0 Å². The van der Waals surface area contributed by atoms with Gasteiger partial charge in [-0.2, -0.15) is 0 Å². The van der Waals surface area contributed by atoms with Crippen molar-refractivity contribution in [2.24, 2.45) is 5.92 Å². The summed E-state index contributed by atoms with van der Waals surface area (Å²) in [5.74, 6) is 0.0230. The van der Waals surface area contributed by atoms with Crippen LogP contribution in [0.5, 0.6) is 0 Å². The van der Waals surface area contributed by atoms with E-state index in [9.17, 15) is 9.59 Å². The van der Waals surface area contributed by atoms with Gasteiger partial charge in [0.25, 0.3) is 5.91 Å². The van der Waals surface area contributed by atoms with Crippen LogP contribution in [0.2, 0.25) is 0 Å². The summed E-state index contributed by atoms with van der Waals surface area (Å²) in [7, 11) is 0. The number of rotatable bonds is 5. The minimum Gasteiger partial charge on any atom is -0.381 e. The van der Waals surface area contributed by atoms with Crippen molar-refractivity contribution in [2.45, 2.75) is 56.7 Å². The minimum absolute atomic E-state index is 0.0137. The second kappa shape index (κ2) is 9.01. The van der Waals surface area contributed by atoms with Crippen LogP contribution >= 0.6 is 0 Å². The van der Waals surface area contributed by atoms with E-state index in [4.69, 9.17) is 4.74 Å². The zero-order valence-corrected chi connectivity index (χ0v) is 16.3. The number of pyridine rings is 1. The number of hydrogen-bond acceptors (Lipinski definition) is 5. The first-order valence-electron chi connectivity index (χ1n) is 10.5. The Morgan fingerprint density at radius 3 is 2.46 bits per heavy atom. The van der Waals surface area contributed by atoms with Crippen molar-refractivity contribution >= 4 is 11.8 Å². The van der Waals surface area contributed by atoms with Crippen molar-refractivity contribution in [3.05, 3.63) is 30.1 Å². The van der Waals surface area contributed by atoms with E-state index in [1.165, 1.54) is 0 Å².